The second-order valence-corrected chi connectivity index (χ2v) is 12.5. The fourth-order valence-corrected chi connectivity index (χ4v) is 6.03. The van der Waals surface area contributed by atoms with Gasteiger partial charge < -0.3 is 14.2 Å². The van der Waals surface area contributed by atoms with Crippen LogP contribution in [0.5, 0.6) is 17.2 Å². The number of ketones is 2. The van der Waals surface area contributed by atoms with Crippen molar-refractivity contribution in [2.45, 2.75) is 66.2 Å². The van der Waals surface area contributed by atoms with E-state index in [0.29, 0.717) is 53.9 Å². The molecule has 220 valence electrons. The lowest BCUT2D eigenvalue weighted by Gasteiger charge is -2.42. The number of carbonyl (C=O) groups excluding carboxylic acids is 2. The molecular formula is C31H32N2O9. The number of Topliss-reactive ketones (excluding diaryl/α,β-unsaturated/α-hetero) is 2. The van der Waals surface area contributed by atoms with Crippen LogP contribution in [0.1, 0.15) is 71.8 Å². The summed E-state index contributed by atoms with van der Waals surface area (Å²) in [4.78, 5) is 48.5. The van der Waals surface area contributed by atoms with Crippen molar-refractivity contribution in [3.8, 4) is 17.2 Å². The number of hydrogen-bond acceptors (Lipinski definition) is 9. The maximum Gasteiger partial charge on any atom is 0.318 e. The summed E-state index contributed by atoms with van der Waals surface area (Å²) < 4.78 is 18.1. The van der Waals surface area contributed by atoms with Crippen LogP contribution in [0, 0.1) is 31.1 Å². The number of allylic oxidation sites excluding steroid dienone is 4. The van der Waals surface area contributed by atoms with Gasteiger partial charge in [0.2, 0.25) is 5.75 Å². The van der Waals surface area contributed by atoms with Crippen LogP contribution in [0.15, 0.2) is 59.1 Å². The van der Waals surface area contributed by atoms with Gasteiger partial charge in [-0.05, 0) is 41.5 Å². The van der Waals surface area contributed by atoms with Gasteiger partial charge in [-0.25, -0.2) is 0 Å². The smallest absolute Gasteiger partial charge is 0.318 e. The van der Waals surface area contributed by atoms with Crippen molar-refractivity contribution in [3.05, 3.63) is 84.9 Å². The van der Waals surface area contributed by atoms with Gasteiger partial charge in [0.1, 0.15) is 11.5 Å². The van der Waals surface area contributed by atoms with E-state index in [1.165, 1.54) is 0 Å². The van der Waals surface area contributed by atoms with Crippen LogP contribution in [0.25, 0.3) is 0 Å². The molecule has 42 heavy (non-hydrogen) atoms. The van der Waals surface area contributed by atoms with Gasteiger partial charge in [-0.3, -0.25) is 29.8 Å². The Bertz CT molecular complexity index is 1550. The third-order valence-electron chi connectivity index (χ3n) is 7.75. The highest BCUT2D eigenvalue weighted by atomic mass is 16.6. The number of nitro benzene ring substituents is 2. The molecule has 0 aromatic heterocycles. The van der Waals surface area contributed by atoms with Gasteiger partial charge in [0, 0.05) is 48.8 Å². The van der Waals surface area contributed by atoms with E-state index >= 15 is 0 Å². The lowest BCUT2D eigenvalue weighted by atomic mass is 9.65. The average molecular weight is 577 g/mol. The topological polar surface area (TPSA) is 148 Å². The molecule has 0 amide bonds. The largest absolute Gasteiger partial charge is 0.490 e. The van der Waals surface area contributed by atoms with E-state index in [2.05, 4.69) is 0 Å². The van der Waals surface area contributed by atoms with Gasteiger partial charge in [0.05, 0.1) is 22.5 Å². The SMILES string of the molecule is CCOc1cc(C2C3=C(CC(C)(C)CC3=O)OC3=C2C(=O)CC(C)(C)C3)ccc1Oc1ccc([N+](=O)[O-])cc1[N+](=O)[O-]. The molecule has 0 saturated carbocycles. The molecule has 0 fully saturated rings. The van der Waals surface area contributed by atoms with Gasteiger partial charge >= 0.3 is 5.69 Å². The van der Waals surface area contributed by atoms with Crippen molar-refractivity contribution >= 4 is 22.9 Å². The zero-order valence-corrected chi connectivity index (χ0v) is 24.1. The van der Waals surface area contributed by atoms with Crippen LogP contribution in [0.4, 0.5) is 11.4 Å². The van der Waals surface area contributed by atoms with Crippen LogP contribution in [-0.2, 0) is 14.3 Å². The molecule has 2 aromatic rings. The maximum absolute atomic E-state index is 13.6. The van der Waals surface area contributed by atoms with Crippen molar-refractivity contribution in [1.82, 2.24) is 0 Å². The summed E-state index contributed by atoms with van der Waals surface area (Å²) >= 11 is 0. The van der Waals surface area contributed by atoms with E-state index in [4.69, 9.17) is 14.2 Å². The summed E-state index contributed by atoms with van der Waals surface area (Å²) in [6.07, 6.45) is 1.74. The lowest BCUT2D eigenvalue weighted by molar-refractivity contribution is -0.394. The molecular weight excluding hydrogens is 544 g/mol. The van der Waals surface area contributed by atoms with Gasteiger partial charge in [0.15, 0.2) is 23.1 Å². The van der Waals surface area contributed by atoms with E-state index in [0.717, 1.165) is 18.2 Å². The van der Waals surface area contributed by atoms with Crippen LogP contribution < -0.4 is 9.47 Å². The zero-order chi connectivity index (χ0) is 30.6. The predicted octanol–water partition coefficient (Wildman–Crippen LogP) is 7.09. The van der Waals surface area contributed by atoms with Gasteiger partial charge in [-0.2, -0.15) is 0 Å². The molecule has 0 bridgehead atoms. The number of rotatable bonds is 7. The van der Waals surface area contributed by atoms with Crippen LogP contribution >= 0.6 is 0 Å². The standard InChI is InChI=1S/C31H32N2O9/c1-6-40-24-11-17(7-9-23(24)41-22-10-8-18(32(36)37)12-19(22)33(38)39)27-28-20(34)13-30(2,3)15-25(28)42-26-16-31(4,5)14-21(35)29(26)27/h7-12,27H,6,13-16H2,1-5H3. The summed E-state index contributed by atoms with van der Waals surface area (Å²) in [5.74, 6) is 0.555. The quantitative estimate of drug-likeness (QED) is 0.249. The number of hydrogen-bond donors (Lipinski definition) is 0. The maximum atomic E-state index is 13.6. The van der Waals surface area contributed by atoms with Crippen molar-refractivity contribution in [3.63, 3.8) is 0 Å². The molecule has 1 heterocycles. The molecule has 0 atom stereocenters. The minimum Gasteiger partial charge on any atom is -0.490 e. The molecule has 0 unspecified atom stereocenters. The van der Waals surface area contributed by atoms with E-state index in [-0.39, 0.29) is 46.3 Å². The Balaban J connectivity index is 1.62. The Kier molecular flexibility index (Phi) is 7.16. The Labute approximate surface area is 242 Å². The first kappa shape index (κ1) is 29.0. The Hall–Kier alpha value is -4.54. The second kappa shape index (κ2) is 10.4. The first-order valence-corrected chi connectivity index (χ1v) is 13.8. The number of non-ortho nitro benzene ring substituents is 1. The zero-order valence-electron chi connectivity index (χ0n) is 24.1. The number of nitro groups is 2. The van der Waals surface area contributed by atoms with Gasteiger partial charge in [-0.15, -0.1) is 0 Å². The molecule has 1 aliphatic heterocycles. The summed E-state index contributed by atoms with van der Waals surface area (Å²) in [6, 6.07) is 8.07. The number of benzene rings is 2. The Morgan fingerprint density at radius 2 is 1.38 bits per heavy atom. The minimum absolute atomic E-state index is 0.0739. The summed E-state index contributed by atoms with van der Waals surface area (Å²) in [5, 5.41) is 22.8. The van der Waals surface area contributed by atoms with E-state index in [9.17, 15) is 29.8 Å². The van der Waals surface area contributed by atoms with Gasteiger partial charge in [-0.1, -0.05) is 33.8 Å². The Morgan fingerprint density at radius 3 is 1.90 bits per heavy atom. The number of nitrogens with zero attached hydrogens (tertiary/aromatic N) is 2. The molecule has 3 aliphatic rings. The minimum atomic E-state index is -0.757. The number of ether oxygens (including phenoxy) is 3. The molecule has 2 aliphatic carbocycles. The first-order valence-electron chi connectivity index (χ1n) is 13.8. The lowest BCUT2D eigenvalue weighted by Crippen LogP contribution is -2.37. The van der Waals surface area contributed by atoms with E-state index in [1.807, 2.05) is 27.7 Å². The molecule has 0 spiro atoms. The molecule has 0 N–H and O–H groups in total. The predicted molar refractivity (Wildman–Crippen MR) is 151 cm³/mol. The molecule has 11 heteroatoms. The highest BCUT2D eigenvalue weighted by Crippen LogP contribution is 2.54. The second-order valence-electron chi connectivity index (χ2n) is 12.5. The van der Waals surface area contributed by atoms with Crippen molar-refractivity contribution < 1.29 is 33.6 Å². The van der Waals surface area contributed by atoms with Crippen molar-refractivity contribution in [1.29, 1.82) is 0 Å². The van der Waals surface area contributed by atoms with Crippen molar-refractivity contribution in [2.75, 3.05) is 6.61 Å². The molecule has 2 aromatic carbocycles. The molecule has 0 saturated heterocycles. The van der Waals surface area contributed by atoms with Crippen LogP contribution in [0.3, 0.4) is 0 Å². The Morgan fingerprint density at radius 1 is 0.810 bits per heavy atom. The van der Waals surface area contributed by atoms with E-state index < -0.39 is 27.1 Å². The monoisotopic (exact) mass is 576 g/mol. The van der Waals surface area contributed by atoms with E-state index in [1.54, 1.807) is 25.1 Å². The summed E-state index contributed by atoms with van der Waals surface area (Å²) in [5.41, 5.74) is -0.0148. The highest BCUT2D eigenvalue weighted by Gasteiger charge is 2.48. The molecule has 0 radical (unpaired) electrons. The first-order chi connectivity index (χ1) is 19.7. The third-order valence-corrected chi connectivity index (χ3v) is 7.75. The van der Waals surface area contributed by atoms with Crippen molar-refractivity contribution in [2.24, 2.45) is 10.8 Å². The normalized spacial score (nSPS) is 19.5. The third kappa shape index (κ3) is 5.38. The van der Waals surface area contributed by atoms with Gasteiger partial charge in [0.25, 0.3) is 5.69 Å². The molecule has 5 rings (SSSR count). The summed E-state index contributed by atoms with van der Waals surface area (Å²) in [7, 11) is 0. The fraction of sp³-hybridized carbons (Fsp3) is 0.419. The number of carbonyl (C=O) groups is 2. The average Bonchev–Trinajstić information content (AvgIpc) is 2.87. The molecule has 11 nitrogen and oxygen atoms in total. The fourth-order valence-electron chi connectivity index (χ4n) is 6.03. The van der Waals surface area contributed by atoms with Crippen LogP contribution in [0.2, 0.25) is 0 Å². The summed E-state index contributed by atoms with van der Waals surface area (Å²) in [6.45, 7) is 10.1. The highest BCUT2D eigenvalue weighted by molar-refractivity contribution is 6.06. The van der Waals surface area contributed by atoms with Crippen LogP contribution in [-0.4, -0.2) is 28.0 Å².